The van der Waals surface area contributed by atoms with Gasteiger partial charge in [0.15, 0.2) is 0 Å². The Morgan fingerprint density at radius 3 is 1.72 bits per heavy atom. The monoisotopic (exact) mass is 669 g/mol. The Hall–Kier alpha value is -0.160. The molecule has 9 rings (SSSR count). The van der Waals surface area contributed by atoms with E-state index in [0.717, 1.165) is 61.7 Å². The SMILES string of the molecule is O=C1CCN(C2CCC3NC(C4CCNC(C5NC6CCC(N7CCC(=O)C8CCCCC87)CC6S5)C4)SC3C2)C2CCCCC12. The van der Waals surface area contributed by atoms with E-state index < -0.39 is 0 Å². The maximum absolute atomic E-state index is 12.7. The number of rotatable bonds is 4. The first-order valence-electron chi connectivity index (χ1n) is 19.7. The molecule has 14 atom stereocenters. The van der Waals surface area contributed by atoms with E-state index in [1.165, 1.54) is 89.9 Å². The first-order chi connectivity index (χ1) is 22.6. The number of ketones is 2. The molecule has 5 saturated heterocycles. The molecule has 0 amide bonds. The molecule has 46 heavy (non-hydrogen) atoms. The van der Waals surface area contributed by atoms with Gasteiger partial charge < -0.3 is 16.0 Å². The summed E-state index contributed by atoms with van der Waals surface area (Å²) >= 11 is 4.56. The summed E-state index contributed by atoms with van der Waals surface area (Å²) in [5, 5.41) is 14.9. The van der Waals surface area contributed by atoms with Crippen LogP contribution >= 0.6 is 23.5 Å². The molecule has 14 unspecified atom stereocenters. The Morgan fingerprint density at radius 2 is 1.11 bits per heavy atom. The highest BCUT2D eigenvalue weighted by molar-refractivity contribution is 8.01. The van der Waals surface area contributed by atoms with Gasteiger partial charge in [-0.1, -0.05) is 25.7 Å². The van der Waals surface area contributed by atoms with E-state index in [-0.39, 0.29) is 0 Å². The van der Waals surface area contributed by atoms with Crippen molar-refractivity contribution in [3.8, 4) is 0 Å². The molecule has 0 aromatic rings. The van der Waals surface area contributed by atoms with Gasteiger partial charge in [-0.25, -0.2) is 0 Å². The summed E-state index contributed by atoms with van der Waals surface area (Å²) < 4.78 is 0. The van der Waals surface area contributed by atoms with Gasteiger partial charge in [-0.2, -0.15) is 0 Å². The highest BCUT2D eigenvalue weighted by Gasteiger charge is 2.50. The molecule has 4 saturated carbocycles. The predicted molar refractivity (Wildman–Crippen MR) is 188 cm³/mol. The molecule has 7 nitrogen and oxygen atoms in total. The molecule has 5 heterocycles. The second-order valence-electron chi connectivity index (χ2n) is 16.8. The number of piperidine rings is 3. The van der Waals surface area contributed by atoms with Gasteiger partial charge >= 0.3 is 0 Å². The van der Waals surface area contributed by atoms with Crippen LogP contribution in [0.1, 0.15) is 116 Å². The van der Waals surface area contributed by atoms with Gasteiger partial charge in [-0.05, 0) is 89.5 Å². The Balaban J connectivity index is 0.790. The van der Waals surface area contributed by atoms with Crippen LogP contribution in [0.2, 0.25) is 0 Å². The fourth-order valence-corrected chi connectivity index (χ4v) is 15.8. The standard InChI is InChI=1S/C37H59N5O2S2/c43-32-14-17-41(30-7-3-1-5-25(30)32)23-9-11-27-34(20-23)45-36(39-27)22-13-16-38-29(19-22)37-40-28-12-10-24(21-35(28)46-37)42-18-15-33(44)26-6-2-4-8-31(26)42/h22-31,34-40H,1-21H2. The van der Waals surface area contributed by atoms with E-state index in [4.69, 9.17) is 0 Å². The molecular weight excluding hydrogens is 611 g/mol. The minimum Gasteiger partial charge on any atom is -0.312 e. The first-order valence-corrected chi connectivity index (χ1v) is 21.6. The van der Waals surface area contributed by atoms with Crippen LogP contribution in [0.3, 0.4) is 0 Å². The molecule has 0 spiro atoms. The van der Waals surface area contributed by atoms with Crippen molar-refractivity contribution < 1.29 is 9.59 Å². The second-order valence-corrected chi connectivity index (χ2v) is 19.6. The Bertz CT molecular complexity index is 1060. The molecule has 9 aliphatic rings. The number of Topliss-reactive ketones (excluding diaryl/α,β-unsaturated/α-hetero) is 2. The zero-order chi connectivity index (χ0) is 30.8. The topological polar surface area (TPSA) is 76.7 Å². The van der Waals surface area contributed by atoms with Crippen molar-refractivity contribution >= 4 is 35.1 Å². The summed E-state index contributed by atoms with van der Waals surface area (Å²) in [5.74, 6) is 2.56. The smallest absolute Gasteiger partial charge is 0.138 e. The van der Waals surface area contributed by atoms with Crippen LogP contribution in [0.4, 0.5) is 0 Å². The lowest BCUT2D eigenvalue weighted by atomic mass is 9.75. The normalized spacial score (nSPS) is 50.4. The number of likely N-dealkylation sites (tertiary alicyclic amines) is 2. The zero-order valence-electron chi connectivity index (χ0n) is 28.0. The van der Waals surface area contributed by atoms with E-state index >= 15 is 0 Å². The van der Waals surface area contributed by atoms with Crippen molar-refractivity contribution in [2.75, 3.05) is 19.6 Å². The van der Waals surface area contributed by atoms with Gasteiger partial charge in [-0.3, -0.25) is 19.4 Å². The molecular formula is C37H59N5O2S2. The lowest BCUT2D eigenvalue weighted by Gasteiger charge is -2.49. The van der Waals surface area contributed by atoms with E-state index in [1.54, 1.807) is 0 Å². The molecule has 0 aromatic heterocycles. The average molecular weight is 670 g/mol. The molecule has 0 radical (unpaired) electrons. The van der Waals surface area contributed by atoms with Crippen LogP contribution in [0.5, 0.6) is 0 Å². The van der Waals surface area contributed by atoms with Crippen molar-refractivity contribution in [2.45, 2.75) is 179 Å². The fraction of sp³-hybridized carbons (Fsp3) is 0.946. The van der Waals surface area contributed by atoms with Crippen LogP contribution in [-0.4, -0.2) is 105 Å². The zero-order valence-corrected chi connectivity index (χ0v) is 29.6. The molecule has 0 aromatic carbocycles. The number of fused-ring (bicyclic) bond motifs is 4. The maximum Gasteiger partial charge on any atom is 0.138 e. The Labute approximate surface area is 286 Å². The van der Waals surface area contributed by atoms with Gasteiger partial charge in [-0.15, -0.1) is 23.5 Å². The van der Waals surface area contributed by atoms with Crippen molar-refractivity contribution in [1.29, 1.82) is 0 Å². The van der Waals surface area contributed by atoms with Gasteiger partial charge in [0.2, 0.25) is 0 Å². The number of hydrogen-bond acceptors (Lipinski definition) is 9. The molecule has 9 fully saturated rings. The van der Waals surface area contributed by atoms with Gasteiger partial charge in [0, 0.05) is 90.6 Å². The number of thioether (sulfide) groups is 2. The number of carbonyl (C=O) groups excluding carboxylic acids is 2. The minimum atomic E-state index is 0.335. The van der Waals surface area contributed by atoms with Crippen molar-refractivity contribution in [3.05, 3.63) is 0 Å². The third-order valence-corrected chi connectivity index (χ3v) is 17.8. The van der Waals surface area contributed by atoms with E-state index in [1.807, 2.05) is 0 Å². The second kappa shape index (κ2) is 13.5. The fourth-order valence-electron chi connectivity index (χ4n) is 12.2. The third-order valence-electron chi connectivity index (χ3n) is 14.5. The lowest BCUT2D eigenvalue weighted by molar-refractivity contribution is -0.133. The number of hydrogen-bond donors (Lipinski definition) is 3. The number of nitrogens with zero attached hydrogens (tertiary/aromatic N) is 2. The number of carbonyl (C=O) groups is 2. The Kier molecular flexibility index (Phi) is 9.34. The van der Waals surface area contributed by atoms with Crippen molar-refractivity contribution in [3.63, 3.8) is 0 Å². The highest BCUT2D eigenvalue weighted by atomic mass is 32.2. The van der Waals surface area contributed by atoms with Crippen molar-refractivity contribution in [1.82, 2.24) is 25.8 Å². The van der Waals surface area contributed by atoms with Crippen LogP contribution in [0.15, 0.2) is 0 Å². The van der Waals surface area contributed by atoms with E-state index in [9.17, 15) is 9.59 Å². The van der Waals surface area contributed by atoms with E-state index in [2.05, 4.69) is 49.3 Å². The van der Waals surface area contributed by atoms with Crippen LogP contribution in [-0.2, 0) is 9.59 Å². The lowest BCUT2D eigenvalue weighted by Crippen LogP contribution is -2.57. The largest absolute Gasteiger partial charge is 0.312 e. The summed E-state index contributed by atoms with van der Waals surface area (Å²) in [6, 6.07) is 4.36. The summed E-state index contributed by atoms with van der Waals surface area (Å²) in [6.07, 6.45) is 22.0. The molecule has 4 aliphatic carbocycles. The van der Waals surface area contributed by atoms with Gasteiger partial charge in [0.05, 0.1) is 10.7 Å². The summed E-state index contributed by atoms with van der Waals surface area (Å²) in [7, 11) is 0. The van der Waals surface area contributed by atoms with Crippen LogP contribution in [0.25, 0.3) is 0 Å². The maximum atomic E-state index is 12.7. The van der Waals surface area contributed by atoms with Crippen LogP contribution in [0, 0.1) is 17.8 Å². The Morgan fingerprint density at radius 1 is 0.565 bits per heavy atom. The first kappa shape index (κ1) is 31.8. The van der Waals surface area contributed by atoms with Gasteiger partial charge in [0.25, 0.3) is 0 Å². The summed E-state index contributed by atoms with van der Waals surface area (Å²) in [6.45, 7) is 3.19. The van der Waals surface area contributed by atoms with Gasteiger partial charge in [0.1, 0.15) is 11.6 Å². The quantitative estimate of drug-likeness (QED) is 0.387. The molecule has 3 N–H and O–H groups in total. The molecule has 0 bridgehead atoms. The van der Waals surface area contributed by atoms with Crippen molar-refractivity contribution in [2.24, 2.45) is 17.8 Å². The van der Waals surface area contributed by atoms with E-state index in [0.29, 0.717) is 76.4 Å². The average Bonchev–Trinajstić information content (AvgIpc) is 3.73. The van der Waals surface area contributed by atoms with Crippen LogP contribution < -0.4 is 16.0 Å². The third kappa shape index (κ3) is 6.00. The molecule has 256 valence electrons. The molecule has 9 heteroatoms. The summed E-state index contributed by atoms with van der Waals surface area (Å²) in [5.41, 5.74) is 0. The molecule has 5 aliphatic heterocycles. The predicted octanol–water partition coefficient (Wildman–Crippen LogP) is 4.93. The number of nitrogens with one attached hydrogen (secondary N) is 3. The highest BCUT2D eigenvalue weighted by Crippen LogP contribution is 2.47. The minimum absolute atomic E-state index is 0.335. The summed E-state index contributed by atoms with van der Waals surface area (Å²) in [4.78, 5) is 31.1.